The van der Waals surface area contributed by atoms with Gasteiger partial charge in [-0.25, -0.2) is 9.50 Å². The zero-order chi connectivity index (χ0) is 23.8. The van der Waals surface area contributed by atoms with Crippen LogP contribution in [0.15, 0.2) is 30.7 Å². The number of nitrogens with one attached hydrogen (secondary N) is 1. The molecule has 0 saturated heterocycles. The van der Waals surface area contributed by atoms with E-state index in [0.717, 1.165) is 42.5 Å². The highest BCUT2D eigenvalue weighted by molar-refractivity contribution is 6.12. The molecule has 3 heterocycles. The first-order chi connectivity index (χ1) is 15.6. The van der Waals surface area contributed by atoms with E-state index in [1.807, 2.05) is 0 Å². The van der Waals surface area contributed by atoms with E-state index >= 15 is 0 Å². The summed E-state index contributed by atoms with van der Waals surface area (Å²) in [5, 5.41) is 6.52. The second kappa shape index (κ2) is 8.85. The van der Waals surface area contributed by atoms with Crippen LogP contribution in [0.3, 0.4) is 0 Å². The van der Waals surface area contributed by atoms with Gasteiger partial charge in [-0.05, 0) is 45.8 Å². The Morgan fingerprint density at radius 1 is 1.24 bits per heavy atom. The maximum atomic E-state index is 13.1. The first-order valence-electron chi connectivity index (χ1n) is 10.4. The molecule has 3 N–H and O–H groups in total. The summed E-state index contributed by atoms with van der Waals surface area (Å²) in [6.07, 6.45) is 3.04. The average Bonchev–Trinajstić information content (AvgIpc) is 3.10. The summed E-state index contributed by atoms with van der Waals surface area (Å²) in [6, 6.07) is 2.90. The quantitative estimate of drug-likeness (QED) is 0.598. The number of nitrogen functional groups attached to an aromatic ring is 1. The number of fused-ring (bicyclic) bond motifs is 1. The molecule has 0 radical (unpaired) electrons. The van der Waals surface area contributed by atoms with Gasteiger partial charge < -0.3 is 20.7 Å². The Bertz CT molecular complexity index is 1150. The van der Waals surface area contributed by atoms with E-state index in [1.165, 1.54) is 12.4 Å². The molecule has 0 atom stereocenters. The van der Waals surface area contributed by atoms with Crippen molar-refractivity contribution in [2.24, 2.45) is 0 Å². The molecule has 3 aromatic heterocycles. The fourth-order valence-electron chi connectivity index (χ4n) is 3.94. The summed E-state index contributed by atoms with van der Waals surface area (Å²) in [7, 11) is 4.11. The maximum Gasteiger partial charge on any atom is 0.433 e. The third-order valence-corrected chi connectivity index (χ3v) is 5.73. The number of rotatable bonds is 5. The largest absolute Gasteiger partial charge is 0.488 e. The number of nitrogens with two attached hydrogens (primary N) is 1. The van der Waals surface area contributed by atoms with Crippen molar-refractivity contribution in [1.82, 2.24) is 24.5 Å². The lowest BCUT2D eigenvalue weighted by Crippen LogP contribution is -2.35. The van der Waals surface area contributed by atoms with Crippen molar-refractivity contribution in [3.63, 3.8) is 0 Å². The van der Waals surface area contributed by atoms with Crippen molar-refractivity contribution in [2.75, 3.05) is 25.1 Å². The van der Waals surface area contributed by atoms with Crippen LogP contribution in [-0.2, 0) is 6.18 Å². The van der Waals surface area contributed by atoms with E-state index in [2.05, 4.69) is 39.4 Å². The molecular weight excluding hydrogens is 439 g/mol. The van der Waals surface area contributed by atoms with Crippen LogP contribution < -0.4 is 15.8 Å². The Morgan fingerprint density at radius 3 is 2.64 bits per heavy atom. The molecule has 9 nitrogen and oxygen atoms in total. The zero-order valence-corrected chi connectivity index (χ0v) is 18.1. The van der Waals surface area contributed by atoms with Gasteiger partial charge in [0.05, 0.1) is 12.3 Å². The Balaban J connectivity index is 1.55. The highest BCUT2D eigenvalue weighted by atomic mass is 19.4. The number of carbonyl (C=O) groups is 1. The highest BCUT2D eigenvalue weighted by Gasteiger charge is 2.34. The Kier molecular flexibility index (Phi) is 6.11. The lowest BCUT2D eigenvalue weighted by Gasteiger charge is -2.33. The molecule has 1 aliphatic carbocycles. The van der Waals surface area contributed by atoms with E-state index in [0.29, 0.717) is 11.8 Å². The zero-order valence-electron chi connectivity index (χ0n) is 18.1. The van der Waals surface area contributed by atoms with Gasteiger partial charge in [0.25, 0.3) is 5.91 Å². The molecule has 176 valence electrons. The fourth-order valence-corrected chi connectivity index (χ4v) is 3.94. The average molecular weight is 463 g/mol. The van der Waals surface area contributed by atoms with Crippen LogP contribution in [0.2, 0.25) is 0 Å². The number of pyridine rings is 1. The molecule has 3 aromatic rings. The van der Waals surface area contributed by atoms with Gasteiger partial charge in [-0.15, -0.1) is 5.10 Å². The van der Waals surface area contributed by atoms with Crippen LogP contribution >= 0.6 is 0 Å². The molecule has 0 aliphatic heterocycles. The first kappa shape index (κ1) is 22.8. The number of ether oxygens (including phenoxy) is 1. The molecule has 12 heteroatoms. The molecule has 0 bridgehead atoms. The van der Waals surface area contributed by atoms with Gasteiger partial charge in [-0.3, -0.25) is 9.78 Å². The number of carbonyl (C=O) groups excluding carboxylic acids is 1. The van der Waals surface area contributed by atoms with Crippen LogP contribution in [0.25, 0.3) is 5.65 Å². The summed E-state index contributed by atoms with van der Waals surface area (Å²) in [5.74, 6) is -0.582. The number of halogens is 3. The van der Waals surface area contributed by atoms with Gasteiger partial charge in [-0.2, -0.15) is 13.2 Å². The van der Waals surface area contributed by atoms with Crippen LogP contribution in [0.1, 0.15) is 41.7 Å². The van der Waals surface area contributed by atoms with E-state index in [9.17, 15) is 18.0 Å². The summed E-state index contributed by atoms with van der Waals surface area (Å²) in [6.45, 7) is 0. The first-order valence-corrected chi connectivity index (χ1v) is 10.4. The SMILES string of the molecule is CN(C)[C@H]1CC[C@@H](Oc2ccncc2NC(=O)c2c(N)nn3ccc(C(F)(F)F)nc23)CC1. The summed E-state index contributed by atoms with van der Waals surface area (Å²) in [4.78, 5) is 22.8. The van der Waals surface area contributed by atoms with Gasteiger partial charge in [0.2, 0.25) is 0 Å². The molecule has 0 spiro atoms. The van der Waals surface area contributed by atoms with E-state index < -0.39 is 17.8 Å². The second-order valence-corrected chi connectivity index (χ2v) is 8.18. The topological polar surface area (TPSA) is 111 Å². The molecular formula is C21H24F3N7O2. The standard InChI is InChI=1S/C21H24F3N7O2/c1-30(2)12-3-5-13(6-4-12)33-15-7-9-26-11-14(15)27-20(32)17-18(25)29-31-10-8-16(21(22,23)24)28-19(17)31/h7-13H,3-6H2,1-2H3,(H2,25,29)(H,27,32)/t12-,13+. The van der Waals surface area contributed by atoms with E-state index in [-0.39, 0.29) is 28.8 Å². The fraction of sp³-hybridized carbons (Fsp3) is 0.429. The molecule has 1 fully saturated rings. The number of aromatic nitrogens is 4. The van der Waals surface area contributed by atoms with Crippen molar-refractivity contribution in [1.29, 1.82) is 0 Å². The second-order valence-electron chi connectivity index (χ2n) is 8.18. The number of hydrogen-bond acceptors (Lipinski definition) is 7. The lowest BCUT2D eigenvalue weighted by atomic mass is 9.92. The predicted octanol–water partition coefficient (Wildman–Crippen LogP) is 3.23. The van der Waals surface area contributed by atoms with Crippen molar-refractivity contribution in [2.45, 2.75) is 44.0 Å². The predicted molar refractivity (Wildman–Crippen MR) is 115 cm³/mol. The van der Waals surface area contributed by atoms with Crippen molar-refractivity contribution < 1.29 is 22.7 Å². The van der Waals surface area contributed by atoms with Crippen molar-refractivity contribution in [3.8, 4) is 5.75 Å². The number of hydrogen-bond donors (Lipinski definition) is 2. The van der Waals surface area contributed by atoms with Crippen LogP contribution in [0.4, 0.5) is 24.7 Å². The van der Waals surface area contributed by atoms with E-state index in [4.69, 9.17) is 10.5 Å². The number of alkyl halides is 3. The normalized spacial score (nSPS) is 19.1. The molecule has 0 aromatic carbocycles. The minimum absolute atomic E-state index is 0.0164. The minimum Gasteiger partial charge on any atom is -0.488 e. The van der Waals surface area contributed by atoms with Gasteiger partial charge in [0.1, 0.15) is 22.7 Å². The lowest BCUT2D eigenvalue weighted by molar-refractivity contribution is -0.141. The monoisotopic (exact) mass is 463 g/mol. The Labute approximate surface area is 187 Å². The third-order valence-electron chi connectivity index (χ3n) is 5.73. The summed E-state index contributed by atoms with van der Waals surface area (Å²) >= 11 is 0. The molecule has 1 amide bonds. The number of nitrogens with zero attached hydrogens (tertiary/aromatic N) is 5. The minimum atomic E-state index is -4.68. The maximum absolute atomic E-state index is 13.1. The van der Waals surface area contributed by atoms with Crippen LogP contribution in [0.5, 0.6) is 5.75 Å². The van der Waals surface area contributed by atoms with Crippen LogP contribution in [0, 0.1) is 0 Å². The van der Waals surface area contributed by atoms with E-state index in [1.54, 1.807) is 6.07 Å². The van der Waals surface area contributed by atoms with Gasteiger partial charge in [0.15, 0.2) is 11.5 Å². The third kappa shape index (κ3) is 4.85. The molecule has 1 aliphatic rings. The van der Waals surface area contributed by atoms with Gasteiger partial charge in [0, 0.05) is 24.5 Å². The number of amides is 1. The summed E-state index contributed by atoms with van der Waals surface area (Å²) in [5.41, 5.74) is 4.40. The summed E-state index contributed by atoms with van der Waals surface area (Å²) < 4.78 is 46.4. The number of anilines is 2. The van der Waals surface area contributed by atoms with Crippen molar-refractivity contribution >= 4 is 23.1 Å². The molecule has 1 saturated carbocycles. The highest BCUT2D eigenvalue weighted by Crippen LogP contribution is 2.32. The molecule has 4 rings (SSSR count). The molecule has 33 heavy (non-hydrogen) atoms. The van der Waals surface area contributed by atoms with Crippen molar-refractivity contribution in [3.05, 3.63) is 42.0 Å². The smallest absolute Gasteiger partial charge is 0.433 e. The Hall–Kier alpha value is -3.41. The van der Waals surface area contributed by atoms with Gasteiger partial charge in [-0.1, -0.05) is 0 Å². The molecule has 0 unspecified atom stereocenters. The van der Waals surface area contributed by atoms with Crippen LogP contribution in [-0.4, -0.2) is 56.6 Å². The Morgan fingerprint density at radius 2 is 1.97 bits per heavy atom. The van der Waals surface area contributed by atoms with Gasteiger partial charge >= 0.3 is 6.18 Å².